The highest BCUT2D eigenvalue weighted by Gasteiger charge is 2.45. The third-order valence-corrected chi connectivity index (χ3v) is 8.87. The molecule has 1 unspecified atom stereocenters. The van der Waals surface area contributed by atoms with Crippen LogP contribution in [0.4, 0.5) is 13.2 Å². The average molecular weight is 567 g/mol. The molecule has 0 radical (unpaired) electrons. The number of rotatable bonds is 7. The van der Waals surface area contributed by atoms with Crippen LogP contribution >= 0.6 is 0 Å². The first-order chi connectivity index (χ1) is 18.3. The Labute approximate surface area is 224 Å². The lowest BCUT2D eigenvalue weighted by Gasteiger charge is -2.41. The summed E-state index contributed by atoms with van der Waals surface area (Å²) in [5.41, 5.74) is 0.908. The first-order valence-electron chi connectivity index (χ1n) is 12.4. The van der Waals surface area contributed by atoms with Crippen molar-refractivity contribution in [2.24, 2.45) is 0 Å². The number of carbonyl (C=O) groups excluding carboxylic acids is 3. The van der Waals surface area contributed by atoms with Crippen LogP contribution in [0.2, 0.25) is 0 Å². The van der Waals surface area contributed by atoms with Crippen LogP contribution in [-0.4, -0.2) is 67.1 Å². The van der Waals surface area contributed by atoms with E-state index in [4.69, 9.17) is 0 Å². The molecule has 4 rings (SSSR count). The van der Waals surface area contributed by atoms with Crippen molar-refractivity contribution in [3.63, 3.8) is 0 Å². The van der Waals surface area contributed by atoms with Gasteiger partial charge in [0, 0.05) is 26.2 Å². The maximum atomic E-state index is 13.5. The molecule has 0 saturated carbocycles. The van der Waals surface area contributed by atoms with Gasteiger partial charge in [-0.3, -0.25) is 24.6 Å². The summed E-state index contributed by atoms with van der Waals surface area (Å²) in [7, 11) is -4.38. The lowest BCUT2D eigenvalue weighted by Crippen LogP contribution is -2.62. The van der Waals surface area contributed by atoms with E-state index in [9.17, 15) is 36.0 Å². The number of sulfonamides is 1. The van der Waals surface area contributed by atoms with Crippen LogP contribution in [0, 0.1) is 0 Å². The topological polar surface area (TPSA) is 116 Å². The van der Waals surface area contributed by atoms with E-state index in [1.54, 1.807) is 4.90 Å². The van der Waals surface area contributed by atoms with Crippen molar-refractivity contribution in [1.29, 1.82) is 0 Å². The van der Waals surface area contributed by atoms with E-state index >= 15 is 0 Å². The van der Waals surface area contributed by atoms with Gasteiger partial charge in [-0.1, -0.05) is 38.1 Å². The highest BCUT2D eigenvalue weighted by atomic mass is 32.2. The van der Waals surface area contributed by atoms with Crippen molar-refractivity contribution in [3.05, 3.63) is 65.2 Å². The van der Waals surface area contributed by atoms with Crippen LogP contribution in [0.5, 0.6) is 0 Å². The van der Waals surface area contributed by atoms with Crippen LogP contribution in [0.25, 0.3) is 0 Å². The molecule has 0 aromatic heterocycles. The number of imide groups is 1. The summed E-state index contributed by atoms with van der Waals surface area (Å²) in [4.78, 5) is 38.6. The number of carbonyl (C=O) groups is 3. The minimum atomic E-state index is -4.64. The van der Waals surface area contributed by atoms with Gasteiger partial charge in [-0.2, -0.15) is 17.5 Å². The van der Waals surface area contributed by atoms with Crippen molar-refractivity contribution in [1.82, 2.24) is 19.8 Å². The fourth-order valence-electron chi connectivity index (χ4n) is 4.69. The Kier molecular flexibility index (Phi) is 8.14. The lowest BCUT2D eigenvalue weighted by atomic mass is 10.0. The number of hydrogen-bond acceptors (Lipinski definition) is 6. The monoisotopic (exact) mass is 566 g/mol. The average Bonchev–Trinajstić information content (AvgIpc) is 3.24. The zero-order chi connectivity index (χ0) is 28.5. The highest BCUT2D eigenvalue weighted by Crippen LogP contribution is 2.31. The molecule has 2 fully saturated rings. The Morgan fingerprint density at radius 3 is 2.23 bits per heavy atom. The second-order valence-corrected chi connectivity index (χ2v) is 11.8. The number of alkyl halides is 3. The normalized spacial score (nSPS) is 21.3. The number of amides is 3. The Balaban J connectivity index is 1.57. The molecule has 2 aromatic carbocycles. The lowest BCUT2D eigenvalue weighted by molar-refractivity contribution is -0.137. The van der Waals surface area contributed by atoms with E-state index < -0.39 is 51.6 Å². The summed E-state index contributed by atoms with van der Waals surface area (Å²) in [6.07, 6.45) is -4.75. The third kappa shape index (κ3) is 6.31. The summed E-state index contributed by atoms with van der Waals surface area (Å²) < 4.78 is 66.9. The van der Waals surface area contributed by atoms with Crippen molar-refractivity contribution >= 4 is 27.7 Å². The minimum absolute atomic E-state index is 0.0473. The predicted octanol–water partition coefficient (Wildman–Crippen LogP) is 2.24. The maximum Gasteiger partial charge on any atom is 0.416 e. The Morgan fingerprint density at radius 2 is 1.69 bits per heavy atom. The van der Waals surface area contributed by atoms with Crippen molar-refractivity contribution in [2.45, 2.75) is 55.9 Å². The molecule has 3 amide bonds. The van der Waals surface area contributed by atoms with Crippen LogP contribution < -0.4 is 10.6 Å². The van der Waals surface area contributed by atoms with Gasteiger partial charge in [-0.25, -0.2) is 8.42 Å². The van der Waals surface area contributed by atoms with E-state index in [2.05, 4.69) is 24.5 Å². The second kappa shape index (κ2) is 11.1. The molecule has 2 aliphatic heterocycles. The van der Waals surface area contributed by atoms with Crippen molar-refractivity contribution in [2.75, 3.05) is 19.6 Å². The first-order valence-corrected chi connectivity index (χ1v) is 13.8. The Hall–Kier alpha value is -3.29. The molecule has 0 aliphatic carbocycles. The van der Waals surface area contributed by atoms with Crippen LogP contribution in [0.3, 0.4) is 0 Å². The van der Waals surface area contributed by atoms with Gasteiger partial charge < -0.3 is 5.32 Å². The quantitative estimate of drug-likeness (QED) is 0.497. The molecule has 2 heterocycles. The van der Waals surface area contributed by atoms with Gasteiger partial charge in [0.15, 0.2) is 0 Å². The zero-order valence-corrected chi connectivity index (χ0v) is 22.2. The molecule has 0 bridgehead atoms. The molecule has 2 saturated heterocycles. The molecule has 9 nitrogen and oxygen atoms in total. The third-order valence-electron chi connectivity index (χ3n) is 6.95. The van der Waals surface area contributed by atoms with E-state index in [0.717, 1.165) is 27.6 Å². The predicted molar refractivity (Wildman–Crippen MR) is 135 cm³/mol. The molecular formula is C26H29F3N4O5S. The van der Waals surface area contributed by atoms with E-state index in [1.165, 1.54) is 0 Å². The summed E-state index contributed by atoms with van der Waals surface area (Å²) >= 11 is 0. The van der Waals surface area contributed by atoms with Gasteiger partial charge in [0.2, 0.25) is 27.7 Å². The second-order valence-electron chi connectivity index (χ2n) is 9.90. The SMILES string of the molecule is CC(C)c1ccc(CNC(=O)[C@H]2CN(C3CC(=O)NC3=O)CCN2S(=O)(=O)c2ccc(C(F)(F)F)cc2)cc1. The van der Waals surface area contributed by atoms with Gasteiger partial charge in [0.25, 0.3) is 0 Å². The van der Waals surface area contributed by atoms with Gasteiger partial charge in [0.05, 0.1) is 22.9 Å². The van der Waals surface area contributed by atoms with Crippen LogP contribution in [-0.2, 0) is 37.1 Å². The molecular weight excluding hydrogens is 537 g/mol. The molecule has 210 valence electrons. The van der Waals surface area contributed by atoms with Crippen LogP contribution in [0.15, 0.2) is 53.4 Å². The fraction of sp³-hybridized carbons (Fsp3) is 0.423. The van der Waals surface area contributed by atoms with E-state index in [-0.39, 0.29) is 37.5 Å². The summed E-state index contributed by atoms with van der Waals surface area (Å²) in [5.74, 6) is -1.29. The molecule has 2 atom stereocenters. The van der Waals surface area contributed by atoms with Gasteiger partial charge in [-0.15, -0.1) is 0 Å². The van der Waals surface area contributed by atoms with E-state index in [0.29, 0.717) is 18.1 Å². The fourth-order valence-corrected chi connectivity index (χ4v) is 6.26. The smallest absolute Gasteiger partial charge is 0.351 e. The number of halogens is 3. The molecule has 39 heavy (non-hydrogen) atoms. The van der Waals surface area contributed by atoms with Gasteiger partial charge >= 0.3 is 6.18 Å². The molecule has 2 N–H and O–H groups in total. The first kappa shape index (κ1) is 28.7. The summed E-state index contributed by atoms with van der Waals surface area (Å²) in [6, 6.07) is 8.52. The van der Waals surface area contributed by atoms with Crippen LogP contribution in [0.1, 0.15) is 42.9 Å². The molecule has 2 aromatic rings. The maximum absolute atomic E-state index is 13.5. The minimum Gasteiger partial charge on any atom is -0.351 e. The van der Waals surface area contributed by atoms with Gasteiger partial charge in [0.1, 0.15) is 6.04 Å². The summed E-state index contributed by atoms with van der Waals surface area (Å²) in [5, 5.41) is 4.95. The number of benzene rings is 2. The summed E-state index contributed by atoms with van der Waals surface area (Å²) in [6.45, 7) is 3.88. The Morgan fingerprint density at radius 1 is 1.05 bits per heavy atom. The molecule has 0 spiro atoms. The Bertz CT molecular complexity index is 1350. The highest BCUT2D eigenvalue weighted by molar-refractivity contribution is 7.89. The van der Waals surface area contributed by atoms with E-state index in [1.807, 2.05) is 24.3 Å². The number of hydrogen-bond donors (Lipinski definition) is 2. The number of nitrogens with zero attached hydrogens (tertiary/aromatic N) is 2. The number of piperazine rings is 1. The zero-order valence-electron chi connectivity index (χ0n) is 21.4. The molecule has 13 heteroatoms. The van der Waals surface area contributed by atoms with Crippen molar-refractivity contribution < 1.29 is 36.0 Å². The van der Waals surface area contributed by atoms with Gasteiger partial charge in [-0.05, 0) is 41.3 Å². The largest absolute Gasteiger partial charge is 0.416 e. The standard InChI is InChI=1S/C26H29F3N4O5S/c1-16(2)18-5-3-17(4-6-18)14-30-24(35)22-15-32(21-13-23(34)31-25(21)36)11-12-33(22)39(37,38)20-9-7-19(8-10-20)26(27,28)29/h3-10,16,21-22H,11-15H2,1-2H3,(H,30,35)(H,31,34,36)/t21?,22-/m1/s1. The number of nitrogens with one attached hydrogen (secondary N) is 2. The molecule has 2 aliphatic rings. The van der Waals surface area contributed by atoms with Crippen molar-refractivity contribution in [3.8, 4) is 0 Å².